The van der Waals surface area contributed by atoms with Crippen molar-refractivity contribution in [1.82, 2.24) is 9.78 Å². The highest BCUT2D eigenvalue weighted by Gasteiger charge is 2.61. The van der Waals surface area contributed by atoms with Gasteiger partial charge in [-0.3, -0.25) is 9.48 Å². The smallest absolute Gasteiger partial charge is 0.165 e. The summed E-state index contributed by atoms with van der Waals surface area (Å²) < 4.78 is 1.93. The summed E-state index contributed by atoms with van der Waals surface area (Å²) in [6.07, 6.45) is 12.7. The molecule has 4 saturated carbocycles. The minimum atomic E-state index is -0.183. The Morgan fingerprint density at radius 3 is 2.79 bits per heavy atom. The van der Waals surface area contributed by atoms with Crippen LogP contribution in [0, 0.1) is 34.5 Å². The molecular formula is C25H36N2O2. The van der Waals surface area contributed by atoms with Crippen molar-refractivity contribution in [3.05, 3.63) is 23.5 Å². The third kappa shape index (κ3) is 2.89. The molecule has 0 saturated heterocycles. The zero-order valence-electron chi connectivity index (χ0n) is 18.2. The van der Waals surface area contributed by atoms with E-state index in [-0.39, 0.29) is 11.5 Å². The Morgan fingerprint density at radius 2 is 2.03 bits per heavy atom. The van der Waals surface area contributed by atoms with E-state index >= 15 is 0 Å². The lowest BCUT2D eigenvalue weighted by molar-refractivity contribution is -0.141. The van der Waals surface area contributed by atoms with Gasteiger partial charge >= 0.3 is 0 Å². The number of Topliss-reactive ketones (excluding diaryl/α,β-unsaturated/α-hetero) is 1. The number of aromatic nitrogens is 2. The average Bonchev–Trinajstić information content (AvgIpc) is 3.26. The summed E-state index contributed by atoms with van der Waals surface area (Å²) in [5.41, 5.74) is 2.10. The van der Waals surface area contributed by atoms with Crippen LogP contribution in [0.15, 0.2) is 17.8 Å². The average molecular weight is 397 g/mol. The van der Waals surface area contributed by atoms with Crippen molar-refractivity contribution >= 4 is 11.9 Å². The number of allylic oxidation sites excluding steroid dienone is 1. The molecule has 0 radical (unpaired) electrons. The topological polar surface area (TPSA) is 55.1 Å². The lowest BCUT2D eigenvalue weighted by atomic mass is 9.45. The highest BCUT2D eigenvalue weighted by atomic mass is 16.3. The summed E-state index contributed by atoms with van der Waals surface area (Å²) in [5, 5.41) is 14.8. The van der Waals surface area contributed by atoms with Crippen molar-refractivity contribution in [1.29, 1.82) is 0 Å². The first-order valence-electron chi connectivity index (χ1n) is 11.8. The number of ketones is 1. The third-order valence-electron chi connectivity index (χ3n) is 9.59. The van der Waals surface area contributed by atoms with Crippen LogP contribution < -0.4 is 0 Å². The summed E-state index contributed by atoms with van der Waals surface area (Å²) in [7, 11) is 0. The zero-order valence-corrected chi connectivity index (χ0v) is 18.2. The van der Waals surface area contributed by atoms with Gasteiger partial charge in [0, 0.05) is 18.2 Å². The number of hydrogen-bond donors (Lipinski definition) is 1. The van der Waals surface area contributed by atoms with Gasteiger partial charge in [0.25, 0.3) is 0 Å². The molecule has 7 atom stereocenters. The predicted octanol–water partition coefficient (Wildman–Crippen LogP) is 4.87. The monoisotopic (exact) mass is 396 g/mol. The molecule has 4 aliphatic rings. The highest BCUT2D eigenvalue weighted by molar-refractivity contribution is 6.05. The van der Waals surface area contributed by atoms with E-state index in [4.69, 9.17) is 0 Å². The first-order valence-corrected chi connectivity index (χ1v) is 11.8. The number of carbonyl (C=O) groups is 1. The number of nitrogens with zero attached hydrogens (tertiary/aromatic N) is 2. The molecule has 1 N–H and O–H groups in total. The van der Waals surface area contributed by atoms with E-state index in [2.05, 4.69) is 31.9 Å². The molecule has 1 aromatic rings. The lowest BCUT2D eigenvalue weighted by Gasteiger charge is -2.59. The first-order chi connectivity index (χ1) is 13.8. The molecule has 4 heteroatoms. The number of aliphatic hydroxyl groups is 1. The Labute approximate surface area is 174 Å². The van der Waals surface area contributed by atoms with Gasteiger partial charge in [0.2, 0.25) is 0 Å². The molecule has 1 heterocycles. The normalized spacial score (nSPS) is 45.7. The van der Waals surface area contributed by atoms with Gasteiger partial charge in [0.05, 0.1) is 11.8 Å². The summed E-state index contributed by atoms with van der Waals surface area (Å²) >= 11 is 0. The predicted molar refractivity (Wildman–Crippen MR) is 114 cm³/mol. The van der Waals surface area contributed by atoms with E-state index in [0.29, 0.717) is 29.0 Å². The quantitative estimate of drug-likeness (QED) is 0.726. The molecule has 0 unspecified atom stereocenters. The largest absolute Gasteiger partial charge is 0.393 e. The molecule has 4 nitrogen and oxygen atoms in total. The molecule has 4 fully saturated rings. The van der Waals surface area contributed by atoms with Crippen molar-refractivity contribution in [2.24, 2.45) is 34.5 Å². The fourth-order valence-electron chi connectivity index (χ4n) is 7.84. The molecule has 5 rings (SSSR count). The van der Waals surface area contributed by atoms with Gasteiger partial charge in [-0.25, -0.2) is 0 Å². The molecule has 158 valence electrons. The van der Waals surface area contributed by atoms with Crippen LogP contribution in [0.3, 0.4) is 0 Å². The second-order valence-electron chi connectivity index (χ2n) is 10.8. The van der Waals surface area contributed by atoms with Crippen LogP contribution >= 0.6 is 0 Å². The van der Waals surface area contributed by atoms with Crippen LogP contribution in [0.5, 0.6) is 0 Å². The summed E-state index contributed by atoms with van der Waals surface area (Å²) in [6.45, 7) is 7.70. The van der Waals surface area contributed by atoms with E-state index in [9.17, 15) is 9.90 Å². The van der Waals surface area contributed by atoms with E-state index in [1.165, 1.54) is 19.3 Å². The number of hydrogen-bond acceptors (Lipinski definition) is 3. The minimum absolute atomic E-state index is 0.0935. The first kappa shape index (κ1) is 19.5. The van der Waals surface area contributed by atoms with Gasteiger partial charge in [-0.2, -0.15) is 5.10 Å². The fourth-order valence-corrected chi connectivity index (χ4v) is 7.84. The highest BCUT2D eigenvalue weighted by Crippen LogP contribution is 2.66. The lowest BCUT2D eigenvalue weighted by Crippen LogP contribution is -2.54. The van der Waals surface area contributed by atoms with Crippen molar-refractivity contribution < 1.29 is 9.90 Å². The second-order valence-corrected chi connectivity index (χ2v) is 10.8. The van der Waals surface area contributed by atoms with E-state index in [1.807, 2.05) is 16.9 Å². The number of fused-ring (bicyclic) bond motifs is 5. The minimum Gasteiger partial charge on any atom is -0.393 e. The van der Waals surface area contributed by atoms with Crippen molar-refractivity contribution in [2.45, 2.75) is 84.8 Å². The Kier molecular flexibility index (Phi) is 4.58. The summed E-state index contributed by atoms with van der Waals surface area (Å²) in [6, 6.07) is 2.02. The maximum atomic E-state index is 13.5. The molecular weight excluding hydrogens is 360 g/mol. The van der Waals surface area contributed by atoms with E-state index in [0.717, 1.165) is 55.8 Å². The summed E-state index contributed by atoms with van der Waals surface area (Å²) in [4.78, 5) is 13.5. The molecule has 1 aromatic heterocycles. The SMILES string of the molecule is CCn1ccc(/C=C2/C[C@@H]3[C@H]4CC[C@H]5C[C@H](O)CC[C@]5(C)[C@@H]4CC[C@]3(C)C2=O)n1. The Morgan fingerprint density at radius 1 is 1.21 bits per heavy atom. The van der Waals surface area contributed by atoms with Gasteiger partial charge in [-0.1, -0.05) is 13.8 Å². The maximum absolute atomic E-state index is 13.5. The third-order valence-corrected chi connectivity index (χ3v) is 9.59. The molecule has 0 spiro atoms. The molecule has 0 aromatic carbocycles. The maximum Gasteiger partial charge on any atom is 0.165 e. The number of aryl methyl sites for hydroxylation is 1. The van der Waals surface area contributed by atoms with Crippen LogP contribution in [-0.2, 0) is 11.3 Å². The number of aliphatic hydroxyl groups excluding tert-OH is 1. The molecule has 0 aliphatic heterocycles. The van der Waals surface area contributed by atoms with Crippen LogP contribution in [0.2, 0.25) is 0 Å². The standard InChI is InChI=1S/C25H36N2O2/c1-4-27-12-9-18(26-27)13-16-14-22-20-6-5-17-15-19(28)7-10-24(17,2)21(20)8-11-25(22,3)23(16)29/h9,12-13,17,19-22,28H,4-8,10-11,14-15H2,1-3H3/b16-13-/t17-,19+,20-,21+,22+,24-,25-/m0/s1. The Bertz CT molecular complexity index is 842. The molecule has 0 bridgehead atoms. The van der Waals surface area contributed by atoms with Gasteiger partial charge in [-0.05, 0) is 105 Å². The van der Waals surface area contributed by atoms with Crippen LogP contribution in [0.1, 0.15) is 77.8 Å². The molecule has 4 aliphatic carbocycles. The van der Waals surface area contributed by atoms with Crippen molar-refractivity contribution in [3.63, 3.8) is 0 Å². The Balaban J connectivity index is 1.43. The van der Waals surface area contributed by atoms with Gasteiger partial charge < -0.3 is 5.11 Å². The second kappa shape index (κ2) is 6.80. The van der Waals surface area contributed by atoms with Gasteiger partial charge in [0.1, 0.15) is 0 Å². The van der Waals surface area contributed by atoms with E-state index < -0.39 is 0 Å². The molecule has 0 amide bonds. The fraction of sp³-hybridized carbons (Fsp3) is 0.760. The van der Waals surface area contributed by atoms with Gasteiger partial charge in [0.15, 0.2) is 5.78 Å². The van der Waals surface area contributed by atoms with E-state index in [1.54, 1.807) is 0 Å². The summed E-state index contributed by atoms with van der Waals surface area (Å²) in [5.74, 6) is 2.92. The number of carbonyl (C=O) groups excluding carboxylic acids is 1. The van der Waals surface area contributed by atoms with Crippen LogP contribution in [-0.4, -0.2) is 26.8 Å². The van der Waals surface area contributed by atoms with Gasteiger partial charge in [-0.15, -0.1) is 0 Å². The van der Waals surface area contributed by atoms with Crippen LogP contribution in [0.25, 0.3) is 6.08 Å². The zero-order chi connectivity index (χ0) is 20.4. The number of rotatable bonds is 2. The van der Waals surface area contributed by atoms with Crippen LogP contribution in [0.4, 0.5) is 0 Å². The van der Waals surface area contributed by atoms with Crippen molar-refractivity contribution in [2.75, 3.05) is 0 Å². The molecule has 29 heavy (non-hydrogen) atoms. The van der Waals surface area contributed by atoms with Crippen molar-refractivity contribution in [3.8, 4) is 0 Å². The Hall–Kier alpha value is -1.42.